The Labute approximate surface area is 127 Å². The molecule has 2 amide bonds. The second-order valence-corrected chi connectivity index (χ2v) is 6.50. The molecule has 5 heteroatoms. The maximum absolute atomic E-state index is 12.4. The quantitative estimate of drug-likeness (QED) is 0.792. The van der Waals surface area contributed by atoms with Crippen molar-refractivity contribution >= 4 is 12.0 Å². The van der Waals surface area contributed by atoms with Gasteiger partial charge in [0.05, 0.1) is 0 Å². The normalized spacial score (nSPS) is 21.4. The first-order chi connectivity index (χ1) is 10.1. The van der Waals surface area contributed by atoms with Crippen LogP contribution in [0, 0.1) is 11.8 Å². The molecule has 21 heavy (non-hydrogen) atoms. The summed E-state index contributed by atoms with van der Waals surface area (Å²) in [7, 11) is 0. The molecule has 0 radical (unpaired) electrons. The number of aliphatic carboxylic acids is 1. The van der Waals surface area contributed by atoms with Gasteiger partial charge in [0, 0.05) is 13.1 Å². The number of rotatable bonds is 6. The Hall–Kier alpha value is -1.26. The van der Waals surface area contributed by atoms with E-state index >= 15 is 0 Å². The molecule has 0 aliphatic heterocycles. The number of nitrogens with one attached hydrogen (secondary N) is 1. The predicted octanol–water partition coefficient (Wildman–Crippen LogP) is 2.85. The van der Waals surface area contributed by atoms with Gasteiger partial charge in [0.2, 0.25) is 0 Å². The van der Waals surface area contributed by atoms with E-state index in [1.807, 2.05) is 6.92 Å². The molecule has 0 aromatic rings. The summed E-state index contributed by atoms with van der Waals surface area (Å²) in [5.41, 5.74) is 0. The topological polar surface area (TPSA) is 69.6 Å². The van der Waals surface area contributed by atoms with Crippen molar-refractivity contribution < 1.29 is 14.7 Å². The van der Waals surface area contributed by atoms with E-state index in [0.717, 1.165) is 32.2 Å². The zero-order valence-corrected chi connectivity index (χ0v) is 13.0. The van der Waals surface area contributed by atoms with E-state index in [0.29, 0.717) is 12.5 Å². The van der Waals surface area contributed by atoms with E-state index < -0.39 is 12.0 Å². The Balaban J connectivity index is 1.90. The fraction of sp³-hybridized carbons (Fsp3) is 0.875. The fourth-order valence-electron chi connectivity index (χ4n) is 3.42. The number of carbonyl (C=O) groups is 2. The monoisotopic (exact) mass is 296 g/mol. The van der Waals surface area contributed by atoms with E-state index in [-0.39, 0.29) is 11.9 Å². The molecular formula is C16H28N2O3. The summed E-state index contributed by atoms with van der Waals surface area (Å²) in [6.07, 6.45) is 8.78. The van der Waals surface area contributed by atoms with Crippen molar-refractivity contribution in [1.29, 1.82) is 0 Å². The lowest BCUT2D eigenvalue weighted by Gasteiger charge is -2.34. The van der Waals surface area contributed by atoms with E-state index in [2.05, 4.69) is 5.32 Å². The minimum absolute atomic E-state index is 0.0857. The molecule has 2 N–H and O–H groups in total. The lowest BCUT2D eigenvalue weighted by atomic mass is 9.84. The zero-order valence-electron chi connectivity index (χ0n) is 13.0. The van der Waals surface area contributed by atoms with Gasteiger partial charge in [-0.2, -0.15) is 0 Å². The third-order valence-electron chi connectivity index (χ3n) is 5.04. The molecular weight excluding hydrogens is 268 g/mol. The number of carboxylic acids is 1. The fourth-order valence-corrected chi connectivity index (χ4v) is 3.42. The number of amides is 2. The van der Waals surface area contributed by atoms with Crippen LogP contribution in [-0.2, 0) is 4.79 Å². The van der Waals surface area contributed by atoms with Gasteiger partial charge in [0.15, 0.2) is 0 Å². The summed E-state index contributed by atoms with van der Waals surface area (Å²) in [4.78, 5) is 25.6. The number of carbonyl (C=O) groups excluding carboxylic acids is 1. The highest BCUT2D eigenvalue weighted by atomic mass is 16.4. The van der Waals surface area contributed by atoms with Gasteiger partial charge in [0.1, 0.15) is 6.04 Å². The minimum atomic E-state index is -0.894. The minimum Gasteiger partial charge on any atom is -0.480 e. The van der Waals surface area contributed by atoms with Crippen LogP contribution in [0.1, 0.15) is 58.3 Å². The van der Waals surface area contributed by atoms with Crippen molar-refractivity contribution in [2.24, 2.45) is 11.8 Å². The molecule has 2 saturated carbocycles. The van der Waals surface area contributed by atoms with Gasteiger partial charge in [-0.15, -0.1) is 0 Å². The van der Waals surface area contributed by atoms with Crippen molar-refractivity contribution in [3.63, 3.8) is 0 Å². The first kappa shape index (κ1) is 16.1. The molecule has 2 aliphatic carbocycles. The molecule has 0 aromatic carbocycles. The predicted molar refractivity (Wildman–Crippen MR) is 81.1 cm³/mol. The third-order valence-corrected chi connectivity index (χ3v) is 5.04. The number of hydrogen-bond donors (Lipinski definition) is 2. The Kier molecular flexibility index (Phi) is 5.88. The lowest BCUT2D eigenvalue weighted by molar-refractivity contribution is -0.141. The first-order valence-electron chi connectivity index (χ1n) is 8.40. The Morgan fingerprint density at radius 3 is 2.29 bits per heavy atom. The number of urea groups is 1. The van der Waals surface area contributed by atoms with Crippen molar-refractivity contribution in [3.8, 4) is 0 Å². The highest BCUT2D eigenvalue weighted by Crippen LogP contribution is 2.28. The Bertz CT molecular complexity index is 363. The van der Waals surface area contributed by atoms with Gasteiger partial charge in [-0.25, -0.2) is 9.59 Å². The maximum Gasteiger partial charge on any atom is 0.326 e. The van der Waals surface area contributed by atoms with Crippen molar-refractivity contribution in [2.45, 2.75) is 64.3 Å². The summed E-state index contributed by atoms with van der Waals surface area (Å²) in [5, 5.41) is 12.2. The Morgan fingerprint density at radius 1 is 1.14 bits per heavy atom. The van der Waals surface area contributed by atoms with Crippen LogP contribution in [0.4, 0.5) is 4.79 Å². The third kappa shape index (κ3) is 4.35. The molecule has 2 fully saturated rings. The largest absolute Gasteiger partial charge is 0.480 e. The van der Waals surface area contributed by atoms with Crippen LogP contribution in [0.25, 0.3) is 0 Å². The molecule has 0 bridgehead atoms. The smallest absolute Gasteiger partial charge is 0.326 e. The van der Waals surface area contributed by atoms with Crippen LogP contribution in [0.2, 0.25) is 0 Å². The van der Waals surface area contributed by atoms with Crippen LogP contribution in [-0.4, -0.2) is 41.1 Å². The SMILES string of the molecule is CCN(CC1CCC1)C(=O)NC(C(=O)O)C1CCCCC1. The molecule has 0 aromatic heterocycles. The Morgan fingerprint density at radius 2 is 1.81 bits per heavy atom. The molecule has 0 saturated heterocycles. The molecule has 2 rings (SSSR count). The summed E-state index contributed by atoms with van der Waals surface area (Å²) in [6, 6.07) is -0.935. The van der Waals surface area contributed by atoms with Crippen LogP contribution in [0.5, 0.6) is 0 Å². The number of hydrogen-bond acceptors (Lipinski definition) is 2. The molecule has 120 valence electrons. The summed E-state index contributed by atoms with van der Waals surface area (Å²) < 4.78 is 0. The van der Waals surface area contributed by atoms with Gasteiger partial charge in [-0.05, 0) is 44.4 Å². The van der Waals surface area contributed by atoms with Crippen LogP contribution >= 0.6 is 0 Å². The standard InChI is InChI=1S/C16H28N2O3/c1-2-18(11-12-7-6-8-12)16(21)17-14(15(19)20)13-9-4-3-5-10-13/h12-14H,2-11H2,1H3,(H,17,21)(H,19,20). The first-order valence-corrected chi connectivity index (χ1v) is 8.40. The van der Waals surface area contributed by atoms with Crippen molar-refractivity contribution in [3.05, 3.63) is 0 Å². The molecule has 2 aliphatic rings. The van der Waals surface area contributed by atoms with Gasteiger partial charge in [-0.1, -0.05) is 25.7 Å². The second-order valence-electron chi connectivity index (χ2n) is 6.50. The maximum atomic E-state index is 12.4. The lowest BCUT2D eigenvalue weighted by Crippen LogP contribution is -2.52. The van der Waals surface area contributed by atoms with Gasteiger partial charge < -0.3 is 15.3 Å². The van der Waals surface area contributed by atoms with Gasteiger partial charge in [0.25, 0.3) is 0 Å². The highest BCUT2D eigenvalue weighted by Gasteiger charge is 2.32. The zero-order chi connectivity index (χ0) is 15.2. The summed E-state index contributed by atoms with van der Waals surface area (Å²) in [5.74, 6) is -0.203. The molecule has 0 spiro atoms. The van der Waals surface area contributed by atoms with E-state index in [1.165, 1.54) is 25.7 Å². The van der Waals surface area contributed by atoms with Crippen LogP contribution < -0.4 is 5.32 Å². The molecule has 5 nitrogen and oxygen atoms in total. The van der Waals surface area contributed by atoms with E-state index in [9.17, 15) is 14.7 Å². The van der Waals surface area contributed by atoms with Crippen LogP contribution in [0.3, 0.4) is 0 Å². The second kappa shape index (κ2) is 7.66. The number of nitrogens with zero attached hydrogens (tertiary/aromatic N) is 1. The van der Waals surface area contributed by atoms with Crippen molar-refractivity contribution in [2.75, 3.05) is 13.1 Å². The molecule has 0 heterocycles. The van der Waals surface area contributed by atoms with E-state index in [1.54, 1.807) is 4.90 Å². The van der Waals surface area contributed by atoms with E-state index in [4.69, 9.17) is 0 Å². The average molecular weight is 296 g/mol. The summed E-state index contributed by atoms with van der Waals surface area (Å²) >= 11 is 0. The molecule has 1 unspecified atom stereocenters. The van der Waals surface area contributed by atoms with Crippen molar-refractivity contribution in [1.82, 2.24) is 10.2 Å². The summed E-state index contributed by atoms with van der Waals surface area (Å²) in [6.45, 7) is 3.35. The molecule has 1 atom stereocenters. The van der Waals surface area contributed by atoms with Crippen LogP contribution in [0.15, 0.2) is 0 Å². The average Bonchev–Trinajstić information content (AvgIpc) is 2.44. The van der Waals surface area contributed by atoms with Gasteiger partial charge >= 0.3 is 12.0 Å². The number of carboxylic acid groups (broad SMARTS) is 1. The highest BCUT2D eigenvalue weighted by molar-refractivity contribution is 5.82. The van der Waals surface area contributed by atoms with Gasteiger partial charge in [-0.3, -0.25) is 0 Å².